The third-order valence-electron chi connectivity index (χ3n) is 2.76. The number of nitrogens with one attached hydrogen (secondary N) is 1. The zero-order valence-corrected chi connectivity index (χ0v) is 9.10. The number of alkyl halides is 3. The molecule has 0 bridgehead atoms. The molecule has 3 unspecified atom stereocenters. The Morgan fingerprint density at radius 3 is 2.60 bits per heavy atom. The highest BCUT2D eigenvalue weighted by atomic mass is 19.4. The lowest BCUT2D eigenvalue weighted by Gasteiger charge is -2.25. The summed E-state index contributed by atoms with van der Waals surface area (Å²) in [5, 5.41) is 3.16. The lowest BCUT2D eigenvalue weighted by molar-refractivity contribution is -0.227. The van der Waals surface area contributed by atoms with Crippen LogP contribution in [0, 0.1) is 0 Å². The number of hydrogen-bond donors (Lipinski definition) is 1. The largest absolute Gasteiger partial charge is 0.414 e. The molecule has 1 fully saturated rings. The molecule has 0 spiro atoms. The number of hydrogen-bond acceptors (Lipinski definition) is 2. The average molecular weight is 225 g/mol. The minimum Gasteiger partial charge on any atom is -0.364 e. The third kappa shape index (κ3) is 3.65. The van der Waals surface area contributed by atoms with E-state index in [1.54, 1.807) is 0 Å². The highest BCUT2D eigenvalue weighted by Crippen LogP contribution is 2.29. The Labute approximate surface area is 88.2 Å². The summed E-state index contributed by atoms with van der Waals surface area (Å²) < 4.78 is 41.9. The first-order valence-electron chi connectivity index (χ1n) is 5.40. The van der Waals surface area contributed by atoms with E-state index in [0.29, 0.717) is 0 Å². The lowest BCUT2D eigenvalue weighted by atomic mass is 10.2. The molecule has 1 aliphatic rings. The highest BCUT2D eigenvalue weighted by molar-refractivity contribution is 4.85. The third-order valence-corrected chi connectivity index (χ3v) is 2.76. The SMILES string of the molecule is CCNC1CCCC1OC(C)C(F)(F)F. The Bertz CT molecular complexity index is 196. The summed E-state index contributed by atoms with van der Waals surface area (Å²) in [6, 6.07) is 0.0831. The maximum absolute atomic E-state index is 12.3. The van der Waals surface area contributed by atoms with Gasteiger partial charge in [-0.1, -0.05) is 6.92 Å². The van der Waals surface area contributed by atoms with Crippen LogP contribution < -0.4 is 5.32 Å². The molecule has 3 atom stereocenters. The van der Waals surface area contributed by atoms with E-state index in [0.717, 1.165) is 32.7 Å². The molecule has 0 amide bonds. The zero-order chi connectivity index (χ0) is 11.5. The molecule has 0 saturated heterocycles. The van der Waals surface area contributed by atoms with E-state index in [9.17, 15) is 13.2 Å². The Morgan fingerprint density at radius 1 is 1.40 bits per heavy atom. The van der Waals surface area contributed by atoms with E-state index in [1.807, 2.05) is 6.92 Å². The average Bonchev–Trinajstić information content (AvgIpc) is 2.52. The van der Waals surface area contributed by atoms with Crippen molar-refractivity contribution in [1.82, 2.24) is 5.32 Å². The number of halogens is 3. The van der Waals surface area contributed by atoms with Crippen molar-refractivity contribution in [3.05, 3.63) is 0 Å². The number of likely N-dealkylation sites (N-methyl/N-ethyl adjacent to an activating group) is 1. The summed E-state index contributed by atoms with van der Waals surface area (Å²) in [5.41, 5.74) is 0. The van der Waals surface area contributed by atoms with Gasteiger partial charge in [0.05, 0.1) is 6.10 Å². The van der Waals surface area contributed by atoms with E-state index >= 15 is 0 Å². The van der Waals surface area contributed by atoms with E-state index in [1.165, 1.54) is 0 Å². The molecule has 0 aromatic carbocycles. The predicted octanol–water partition coefficient (Wildman–Crippen LogP) is 2.48. The van der Waals surface area contributed by atoms with Crippen molar-refractivity contribution in [2.24, 2.45) is 0 Å². The van der Waals surface area contributed by atoms with Crippen LogP contribution in [0.5, 0.6) is 0 Å². The molecule has 1 N–H and O–H groups in total. The van der Waals surface area contributed by atoms with Crippen LogP contribution in [-0.2, 0) is 4.74 Å². The van der Waals surface area contributed by atoms with Crippen molar-refractivity contribution in [2.75, 3.05) is 6.54 Å². The highest BCUT2D eigenvalue weighted by Gasteiger charge is 2.40. The Kier molecular flexibility index (Phi) is 4.40. The Balaban J connectivity index is 2.43. The summed E-state index contributed by atoms with van der Waals surface area (Å²) in [4.78, 5) is 0. The molecule has 1 rings (SSSR count). The van der Waals surface area contributed by atoms with Gasteiger partial charge in [-0.3, -0.25) is 0 Å². The van der Waals surface area contributed by atoms with Crippen LogP contribution in [0.3, 0.4) is 0 Å². The van der Waals surface area contributed by atoms with Crippen molar-refractivity contribution >= 4 is 0 Å². The van der Waals surface area contributed by atoms with Crippen LogP contribution in [0.2, 0.25) is 0 Å². The summed E-state index contributed by atoms with van der Waals surface area (Å²) in [6.07, 6.45) is -3.64. The van der Waals surface area contributed by atoms with Crippen LogP contribution in [-0.4, -0.2) is 31.0 Å². The summed E-state index contributed by atoms with van der Waals surface area (Å²) in [5.74, 6) is 0. The fraction of sp³-hybridized carbons (Fsp3) is 1.00. The summed E-state index contributed by atoms with van der Waals surface area (Å²) >= 11 is 0. The van der Waals surface area contributed by atoms with Crippen LogP contribution in [0.1, 0.15) is 33.1 Å². The zero-order valence-electron chi connectivity index (χ0n) is 9.10. The van der Waals surface area contributed by atoms with Crippen LogP contribution >= 0.6 is 0 Å². The van der Waals surface area contributed by atoms with Crippen LogP contribution in [0.15, 0.2) is 0 Å². The first-order valence-corrected chi connectivity index (χ1v) is 5.40. The molecule has 0 heterocycles. The molecule has 15 heavy (non-hydrogen) atoms. The van der Waals surface area contributed by atoms with Gasteiger partial charge in [-0.2, -0.15) is 13.2 Å². The first-order chi connectivity index (χ1) is 6.95. The molecular weight excluding hydrogens is 207 g/mol. The summed E-state index contributed by atoms with van der Waals surface area (Å²) in [6.45, 7) is 3.79. The van der Waals surface area contributed by atoms with Crippen molar-refractivity contribution in [3.8, 4) is 0 Å². The van der Waals surface area contributed by atoms with Crippen molar-refractivity contribution in [3.63, 3.8) is 0 Å². The van der Waals surface area contributed by atoms with E-state index in [-0.39, 0.29) is 12.1 Å². The van der Waals surface area contributed by atoms with Gasteiger partial charge in [0.25, 0.3) is 0 Å². The second-order valence-corrected chi connectivity index (χ2v) is 3.95. The maximum Gasteiger partial charge on any atom is 0.414 e. The predicted molar refractivity (Wildman–Crippen MR) is 51.7 cm³/mol. The quantitative estimate of drug-likeness (QED) is 0.793. The standard InChI is InChI=1S/C10H18F3NO/c1-3-14-8-5-4-6-9(8)15-7(2)10(11,12)13/h7-9,14H,3-6H2,1-2H3. The fourth-order valence-electron chi connectivity index (χ4n) is 1.92. The molecule has 2 nitrogen and oxygen atoms in total. The second kappa shape index (κ2) is 5.16. The molecular formula is C10H18F3NO. The van der Waals surface area contributed by atoms with Gasteiger partial charge in [-0.15, -0.1) is 0 Å². The van der Waals surface area contributed by atoms with E-state index in [2.05, 4.69) is 5.32 Å². The minimum atomic E-state index is -4.25. The molecule has 5 heteroatoms. The van der Waals surface area contributed by atoms with Gasteiger partial charge in [-0.05, 0) is 32.7 Å². The van der Waals surface area contributed by atoms with Crippen molar-refractivity contribution < 1.29 is 17.9 Å². The molecule has 90 valence electrons. The Morgan fingerprint density at radius 2 is 2.07 bits per heavy atom. The monoisotopic (exact) mass is 225 g/mol. The van der Waals surface area contributed by atoms with Gasteiger partial charge >= 0.3 is 6.18 Å². The fourth-order valence-corrected chi connectivity index (χ4v) is 1.92. The van der Waals surface area contributed by atoms with Gasteiger partial charge < -0.3 is 10.1 Å². The normalized spacial score (nSPS) is 29.4. The number of rotatable bonds is 4. The van der Waals surface area contributed by atoms with E-state index in [4.69, 9.17) is 4.74 Å². The maximum atomic E-state index is 12.3. The van der Waals surface area contributed by atoms with Gasteiger partial charge in [0.2, 0.25) is 0 Å². The van der Waals surface area contributed by atoms with Crippen LogP contribution in [0.4, 0.5) is 13.2 Å². The molecule has 0 radical (unpaired) electrons. The van der Waals surface area contributed by atoms with Gasteiger partial charge in [-0.25, -0.2) is 0 Å². The summed E-state index contributed by atoms with van der Waals surface area (Å²) in [7, 11) is 0. The van der Waals surface area contributed by atoms with E-state index < -0.39 is 12.3 Å². The molecule has 1 saturated carbocycles. The molecule has 0 aliphatic heterocycles. The van der Waals surface area contributed by atoms with Crippen molar-refractivity contribution in [2.45, 2.75) is 57.5 Å². The number of ether oxygens (including phenoxy) is 1. The van der Waals surface area contributed by atoms with Gasteiger partial charge in [0.1, 0.15) is 0 Å². The minimum absolute atomic E-state index is 0.0831. The van der Waals surface area contributed by atoms with Crippen molar-refractivity contribution in [1.29, 1.82) is 0 Å². The Hall–Kier alpha value is -0.290. The van der Waals surface area contributed by atoms with Gasteiger partial charge in [0.15, 0.2) is 6.10 Å². The molecule has 0 aromatic heterocycles. The first kappa shape index (κ1) is 12.8. The smallest absolute Gasteiger partial charge is 0.364 e. The topological polar surface area (TPSA) is 21.3 Å². The van der Waals surface area contributed by atoms with Crippen LogP contribution in [0.25, 0.3) is 0 Å². The molecule has 1 aliphatic carbocycles. The van der Waals surface area contributed by atoms with Gasteiger partial charge in [0, 0.05) is 6.04 Å². The lowest BCUT2D eigenvalue weighted by Crippen LogP contribution is -2.41. The second-order valence-electron chi connectivity index (χ2n) is 3.95. The molecule has 0 aromatic rings.